The van der Waals surface area contributed by atoms with Crippen molar-refractivity contribution in [1.82, 2.24) is 20.3 Å². The molecule has 1 heterocycles. The Morgan fingerprint density at radius 3 is 2.50 bits per heavy atom. The number of amides is 1. The van der Waals surface area contributed by atoms with Gasteiger partial charge >= 0.3 is 5.97 Å². The summed E-state index contributed by atoms with van der Waals surface area (Å²) in [6.07, 6.45) is 6.44. The molecule has 7 nitrogen and oxygen atoms in total. The van der Waals surface area contributed by atoms with Crippen LogP contribution in [0.15, 0.2) is 6.20 Å². The number of rotatable bonds is 7. The maximum absolute atomic E-state index is 11.8. The zero-order valence-electron chi connectivity index (χ0n) is 11.2. The largest absolute Gasteiger partial charge is 0.476 e. The van der Waals surface area contributed by atoms with Crippen molar-refractivity contribution in [1.29, 1.82) is 0 Å². The lowest BCUT2D eigenvalue weighted by Gasteiger charge is -2.16. The second kappa shape index (κ2) is 5.22. The molecule has 1 aromatic rings. The smallest absolute Gasteiger partial charge is 0.358 e. The molecule has 1 aromatic heterocycles. The molecule has 0 aliphatic heterocycles. The second-order valence-corrected chi connectivity index (χ2v) is 5.75. The van der Waals surface area contributed by atoms with Gasteiger partial charge in [0, 0.05) is 6.54 Å². The summed E-state index contributed by atoms with van der Waals surface area (Å²) in [5, 5.41) is 18.8. The number of hydrogen-bond donors (Lipinski definition) is 2. The third-order valence-electron chi connectivity index (χ3n) is 4.05. The van der Waals surface area contributed by atoms with E-state index in [2.05, 4.69) is 15.6 Å². The van der Waals surface area contributed by atoms with Gasteiger partial charge in [0.05, 0.1) is 6.20 Å². The summed E-state index contributed by atoms with van der Waals surface area (Å²) in [6.45, 7) is 0.747. The van der Waals surface area contributed by atoms with Gasteiger partial charge in [0.1, 0.15) is 6.54 Å². The first kappa shape index (κ1) is 13.1. The van der Waals surface area contributed by atoms with Crippen molar-refractivity contribution in [3.8, 4) is 0 Å². The lowest BCUT2D eigenvalue weighted by molar-refractivity contribution is -0.122. The minimum absolute atomic E-state index is 0.0162. The molecular formula is C13H18N4O3. The maximum Gasteiger partial charge on any atom is 0.358 e. The molecule has 0 bridgehead atoms. The summed E-state index contributed by atoms with van der Waals surface area (Å²) in [4.78, 5) is 22.5. The fourth-order valence-corrected chi connectivity index (χ4v) is 2.68. The van der Waals surface area contributed by atoms with Gasteiger partial charge in [-0.3, -0.25) is 4.79 Å². The van der Waals surface area contributed by atoms with Crippen LogP contribution in [0.5, 0.6) is 0 Å². The fraction of sp³-hybridized carbons (Fsp3) is 0.692. The van der Waals surface area contributed by atoms with Crippen LogP contribution in [0.25, 0.3) is 0 Å². The molecule has 2 saturated carbocycles. The quantitative estimate of drug-likeness (QED) is 0.758. The summed E-state index contributed by atoms with van der Waals surface area (Å²) in [5.41, 5.74) is -0.147. The number of hydrogen-bond acceptors (Lipinski definition) is 4. The van der Waals surface area contributed by atoms with E-state index < -0.39 is 5.97 Å². The highest BCUT2D eigenvalue weighted by Gasteiger charge is 2.41. The number of aromatic nitrogens is 3. The highest BCUT2D eigenvalue weighted by Crippen LogP contribution is 2.48. The normalized spacial score (nSPS) is 18.2. The van der Waals surface area contributed by atoms with E-state index in [1.807, 2.05) is 0 Å². The average Bonchev–Trinajstić information content (AvgIpc) is 3.31. The Labute approximate surface area is 116 Å². The number of carbonyl (C=O) groups is 2. The molecule has 0 aromatic carbocycles. The molecular weight excluding hydrogens is 260 g/mol. The van der Waals surface area contributed by atoms with E-state index in [9.17, 15) is 9.59 Å². The van der Waals surface area contributed by atoms with Crippen molar-refractivity contribution in [2.45, 2.75) is 32.2 Å². The highest BCUT2D eigenvalue weighted by molar-refractivity contribution is 5.84. The maximum atomic E-state index is 11.8. The average molecular weight is 278 g/mol. The van der Waals surface area contributed by atoms with Gasteiger partial charge in [0.15, 0.2) is 5.69 Å². The van der Waals surface area contributed by atoms with Crippen LogP contribution in [-0.2, 0) is 11.3 Å². The van der Waals surface area contributed by atoms with E-state index in [4.69, 9.17) is 5.11 Å². The fourth-order valence-electron chi connectivity index (χ4n) is 2.68. The number of carbonyl (C=O) groups excluding carboxylic acids is 1. The van der Waals surface area contributed by atoms with Gasteiger partial charge in [0.25, 0.3) is 0 Å². The summed E-state index contributed by atoms with van der Waals surface area (Å²) in [7, 11) is 0. The number of nitrogens with one attached hydrogen (secondary N) is 1. The first-order chi connectivity index (χ1) is 9.63. The molecule has 2 N–H and O–H groups in total. The van der Waals surface area contributed by atoms with Crippen molar-refractivity contribution >= 4 is 11.9 Å². The number of carboxylic acid groups (broad SMARTS) is 1. The SMILES string of the molecule is O=C(Cn1cc(C(=O)O)nn1)NCC(C1CC1)C1CC1. The first-order valence-corrected chi connectivity index (χ1v) is 7.03. The Morgan fingerprint density at radius 2 is 2.00 bits per heavy atom. The molecule has 1 amide bonds. The van der Waals surface area contributed by atoms with E-state index in [1.165, 1.54) is 36.6 Å². The van der Waals surface area contributed by atoms with Gasteiger partial charge < -0.3 is 10.4 Å². The summed E-state index contributed by atoms with van der Waals surface area (Å²) >= 11 is 0. The second-order valence-electron chi connectivity index (χ2n) is 5.75. The molecule has 0 radical (unpaired) electrons. The van der Waals surface area contributed by atoms with Crippen LogP contribution in [0.1, 0.15) is 36.2 Å². The molecule has 7 heteroatoms. The van der Waals surface area contributed by atoms with Crippen LogP contribution in [0, 0.1) is 17.8 Å². The molecule has 0 atom stereocenters. The number of carboxylic acids is 1. The Morgan fingerprint density at radius 1 is 1.35 bits per heavy atom. The zero-order chi connectivity index (χ0) is 14.1. The van der Waals surface area contributed by atoms with Crippen LogP contribution in [0.2, 0.25) is 0 Å². The van der Waals surface area contributed by atoms with Crippen LogP contribution in [0.4, 0.5) is 0 Å². The predicted octanol–water partition coefficient (Wildman–Crippen LogP) is 0.529. The summed E-state index contributed by atoms with van der Waals surface area (Å²) in [6, 6.07) is 0. The monoisotopic (exact) mass is 278 g/mol. The van der Waals surface area contributed by atoms with Crippen molar-refractivity contribution in [3.63, 3.8) is 0 Å². The Bertz CT molecular complexity index is 507. The van der Waals surface area contributed by atoms with Crippen molar-refractivity contribution in [3.05, 3.63) is 11.9 Å². The van der Waals surface area contributed by atoms with Crippen LogP contribution in [-0.4, -0.2) is 38.5 Å². The Balaban J connectivity index is 1.47. The molecule has 20 heavy (non-hydrogen) atoms. The molecule has 2 fully saturated rings. The van der Waals surface area contributed by atoms with Gasteiger partial charge in [-0.15, -0.1) is 5.10 Å². The van der Waals surface area contributed by atoms with Gasteiger partial charge in [-0.1, -0.05) is 5.21 Å². The van der Waals surface area contributed by atoms with Gasteiger partial charge in [-0.05, 0) is 43.4 Å². The molecule has 0 unspecified atom stereocenters. The number of nitrogens with zero attached hydrogens (tertiary/aromatic N) is 3. The minimum atomic E-state index is -1.14. The third kappa shape index (κ3) is 3.15. The summed E-state index contributed by atoms with van der Waals surface area (Å²) < 4.78 is 1.25. The van der Waals surface area contributed by atoms with E-state index in [0.717, 1.165) is 18.4 Å². The molecule has 108 valence electrons. The molecule has 0 spiro atoms. The van der Waals surface area contributed by atoms with Crippen molar-refractivity contribution in [2.24, 2.45) is 17.8 Å². The lowest BCUT2D eigenvalue weighted by atomic mass is 9.98. The predicted molar refractivity (Wildman–Crippen MR) is 68.9 cm³/mol. The first-order valence-electron chi connectivity index (χ1n) is 7.03. The van der Waals surface area contributed by atoms with Gasteiger partial charge in [-0.2, -0.15) is 0 Å². The van der Waals surface area contributed by atoms with E-state index in [0.29, 0.717) is 5.92 Å². The summed E-state index contributed by atoms with van der Waals surface area (Å²) in [5.74, 6) is 0.946. The Hall–Kier alpha value is -1.92. The van der Waals surface area contributed by atoms with Gasteiger partial charge in [0.2, 0.25) is 5.91 Å². The molecule has 3 rings (SSSR count). The molecule has 0 saturated heterocycles. The van der Waals surface area contributed by atoms with Crippen LogP contribution < -0.4 is 5.32 Å². The van der Waals surface area contributed by atoms with Crippen LogP contribution in [0.3, 0.4) is 0 Å². The lowest BCUT2D eigenvalue weighted by Crippen LogP contribution is -2.33. The molecule has 2 aliphatic rings. The van der Waals surface area contributed by atoms with E-state index in [1.54, 1.807) is 0 Å². The van der Waals surface area contributed by atoms with E-state index in [-0.39, 0.29) is 18.1 Å². The topological polar surface area (TPSA) is 97.1 Å². The highest BCUT2D eigenvalue weighted by atomic mass is 16.4. The van der Waals surface area contributed by atoms with Crippen LogP contribution >= 0.6 is 0 Å². The van der Waals surface area contributed by atoms with E-state index >= 15 is 0 Å². The minimum Gasteiger partial charge on any atom is -0.476 e. The number of aromatic carboxylic acids is 1. The molecule has 2 aliphatic carbocycles. The standard InChI is InChI=1S/C13H18N4O3/c18-12(7-17-6-11(13(19)20)15-16-17)14-5-10(8-1-2-8)9-3-4-9/h6,8-10H,1-5,7H2,(H,14,18)(H,19,20). The Kier molecular flexibility index (Phi) is 3.42. The van der Waals surface area contributed by atoms with Gasteiger partial charge in [-0.25, -0.2) is 9.48 Å². The zero-order valence-corrected chi connectivity index (χ0v) is 11.2. The third-order valence-corrected chi connectivity index (χ3v) is 4.05. The van der Waals surface area contributed by atoms with Crippen molar-refractivity contribution < 1.29 is 14.7 Å². The van der Waals surface area contributed by atoms with Crippen molar-refractivity contribution in [2.75, 3.05) is 6.54 Å².